The molecule has 4 heteroatoms. The van der Waals surface area contributed by atoms with E-state index >= 15 is 0 Å². The molecule has 200 valence electrons. The Balaban J connectivity index is 1.89. The number of rotatable bonds is 12. The van der Waals surface area contributed by atoms with Gasteiger partial charge < -0.3 is 9.64 Å². The monoisotopic (exact) mass is 502 g/mol. The Hall–Kier alpha value is -2.88. The maximum absolute atomic E-state index is 7.60. The van der Waals surface area contributed by atoms with Crippen LogP contribution in [0.2, 0.25) is 0 Å². The molecule has 0 aliphatic carbocycles. The molecule has 2 heterocycles. The zero-order valence-corrected chi connectivity index (χ0v) is 24.1. The largest absolute Gasteiger partial charge is 0.449 e. The van der Waals surface area contributed by atoms with E-state index in [1.165, 1.54) is 22.5 Å². The standard InChI is InChI=1S/C33H48N3O/c1-10-28(25(6)23(4)21-24(5)37-27(8)34)18-19-32-33(26(7)35(9)22(2)3)30-16-12-11-15-29(30)31-17-13-14-20-36(31)32/h11-17,20,22-23,25,28,32-34H,5,7,10,18-19,21H2,1-4,6,8-9H3/q+1/t23-,25?,28?,32?,33?/m1/s1. The summed E-state index contributed by atoms with van der Waals surface area (Å²) < 4.78 is 7.97. The van der Waals surface area contributed by atoms with Crippen LogP contribution in [-0.2, 0) is 4.74 Å². The maximum Gasteiger partial charge on any atom is 0.213 e. The first kappa shape index (κ1) is 28.7. The summed E-state index contributed by atoms with van der Waals surface area (Å²) in [5.41, 5.74) is 5.20. The fourth-order valence-corrected chi connectivity index (χ4v) is 6.09. The number of aromatic nitrogens is 1. The Bertz CT molecular complexity index is 1100. The molecular formula is C33H48N3O+. The Morgan fingerprint density at radius 2 is 1.76 bits per heavy atom. The fraction of sp³-hybridized carbons (Fsp3) is 0.515. The minimum absolute atomic E-state index is 0.211. The van der Waals surface area contributed by atoms with Crippen molar-refractivity contribution < 1.29 is 9.30 Å². The number of ether oxygens (including phenoxy) is 1. The average Bonchev–Trinajstić information content (AvgIpc) is 2.87. The van der Waals surface area contributed by atoms with Crippen LogP contribution in [0.4, 0.5) is 0 Å². The van der Waals surface area contributed by atoms with Crippen LogP contribution in [0.3, 0.4) is 0 Å². The van der Waals surface area contributed by atoms with Crippen molar-refractivity contribution in [1.29, 1.82) is 5.41 Å². The molecule has 5 atom stereocenters. The molecule has 1 aromatic heterocycles. The molecule has 0 saturated heterocycles. The summed E-state index contributed by atoms with van der Waals surface area (Å²) in [6.45, 7) is 21.8. The number of allylic oxidation sites excluding steroid dienone is 2. The molecule has 0 saturated carbocycles. The molecule has 3 rings (SSSR count). The summed E-state index contributed by atoms with van der Waals surface area (Å²) >= 11 is 0. The molecule has 4 unspecified atom stereocenters. The van der Waals surface area contributed by atoms with Gasteiger partial charge in [-0.05, 0) is 55.7 Å². The van der Waals surface area contributed by atoms with E-state index in [2.05, 4.69) is 113 Å². The second-order valence-electron chi connectivity index (χ2n) is 11.3. The summed E-state index contributed by atoms with van der Waals surface area (Å²) in [5.74, 6) is 2.73. The minimum Gasteiger partial charge on any atom is -0.449 e. The highest BCUT2D eigenvalue weighted by Crippen LogP contribution is 2.45. The summed E-state index contributed by atoms with van der Waals surface area (Å²) in [7, 11) is 2.18. The van der Waals surface area contributed by atoms with Gasteiger partial charge in [0.1, 0.15) is 0 Å². The highest BCUT2D eigenvalue weighted by molar-refractivity contribution is 5.70. The highest BCUT2D eigenvalue weighted by atomic mass is 16.5. The molecular weight excluding hydrogens is 454 g/mol. The Labute approximate surface area is 225 Å². The smallest absolute Gasteiger partial charge is 0.213 e. The van der Waals surface area contributed by atoms with Gasteiger partial charge in [-0.2, -0.15) is 4.57 Å². The molecule has 4 nitrogen and oxygen atoms in total. The Kier molecular flexibility index (Phi) is 9.75. The first-order valence-corrected chi connectivity index (χ1v) is 14.0. The van der Waals surface area contributed by atoms with Crippen molar-refractivity contribution >= 4 is 5.90 Å². The molecule has 0 fully saturated rings. The minimum atomic E-state index is 0.211. The molecule has 0 radical (unpaired) electrons. The van der Waals surface area contributed by atoms with E-state index in [1.807, 2.05) is 0 Å². The van der Waals surface area contributed by atoms with Crippen molar-refractivity contribution in [3.63, 3.8) is 0 Å². The van der Waals surface area contributed by atoms with Gasteiger partial charge in [0.05, 0.1) is 17.2 Å². The normalized spacial score (nSPS) is 18.8. The first-order valence-electron chi connectivity index (χ1n) is 14.0. The topological polar surface area (TPSA) is 40.2 Å². The average molecular weight is 503 g/mol. The number of likely N-dealkylation sites (N-methyl/N-ethyl adjacent to an activating group) is 1. The number of hydrogen-bond acceptors (Lipinski definition) is 3. The molecule has 2 aromatic rings. The van der Waals surface area contributed by atoms with Crippen molar-refractivity contribution in [3.05, 3.63) is 78.8 Å². The van der Waals surface area contributed by atoms with Crippen LogP contribution in [0.1, 0.15) is 84.7 Å². The van der Waals surface area contributed by atoms with Crippen molar-refractivity contribution in [2.75, 3.05) is 7.05 Å². The Morgan fingerprint density at radius 3 is 2.41 bits per heavy atom. The van der Waals surface area contributed by atoms with Crippen molar-refractivity contribution in [3.8, 4) is 11.3 Å². The van der Waals surface area contributed by atoms with Crippen molar-refractivity contribution in [2.45, 2.75) is 85.2 Å². The van der Waals surface area contributed by atoms with Gasteiger partial charge in [0, 0.05) is 50.7 Å². The third-order valence-electron chi connectivity index (χ3n) is 8.64. The number of nitrogens with one attached hydrogen (secondary N) is 1. The van der Waals surface area contributed by atoms with Gasteiger partial charge in [0.2, 0.25) is 5.69 Å². The van der Waals surface area contributed by atoms with Gasteiger partial charge in [-0.1, -0.05) is 58.5 Å². The lowest BCUT2D eigenvalue weighted by molar-refractivity contribution is -0.718. The van der Waals surface area contributed by atoms with Crippen LogP contribution >= 0.6 is 0 Å². The number of benzene rings is 1. The Morgan fingerprint density at radius 1 is 1.08 bits per heavy atom. The number of nitrogens with zero attached hydrogens (tertiary/aromatic N) is 2. The molecule has 1 aliphatic rings. The number of hydrogen-bond donors (Lipinski definition) is 1. The van der Waals surface area contributed by atoms with E-state index in [9.17, 15) is 0 Å². The number of pyridine rings is 1. The summed E-state index contributed by atoms with van der Waals surface area (Å²) in [6.07, 6.45) is 6.45. The fourth-order valence-electron chi connectivity index (χ4n) is 6.09. The van der Waals surface area contributed by atoms with E-state index in [1.54, 1.807) is 6.92 Å². The van der Waals surface area contributed by atoms with Gasteiger partial charge in [-0.25, -0.2) is 0 Å². The van der Waals surface area contributed by atoms with Crippen LogP contribution in [0.5, 0.6) is 0 Å². The lowest BCUT2D eigenvalue weighted by Gasteiger charge is -2.38. The van der Waals surface area contributed by atoms with E-state index < -0.39 is 0 Å². The predicted octanol–water partition coefficient (Wildman–Crippen LogP) is 8.13. The quantitative estimate of drug-likeness (QED) is 0.138. The van der Waals surface area contributed by atoms with Gasteiger partial charge in [-0.3, -0.25) is 5.41 Å². The van der Waals surface area contributed by atoms with Crippen LogP contribution in [0.25, 0.3) is 11.3 Å². The van der Waals surface area contributed by atoms with E-state index in [0.29, 0.717) is 35.6 Å². The number of fused-ring (bicyclic) bond motifs is 3. The van der Waals surface area contributed by atoms with Gasteiger partial charge in [-0.15, -0.1) is 0 Å². The summed E-state index contributed by atoms with van der Waals surface area (Å²) in [4.78, 5) is 2.35. The third-order valence-corrected chi connectivity index (χ3v) is 8.64. The lowest BCUT2D eigenvalue weighted by Crippen LogP contribution is -2.49. The van der Waals surface area contributed by atoms with Crippen LogP contribution in [-0.4, -0.2) is 23.9 Å². The molecule has 1 aliphatic heterocycles. The summed E-state index contributed by atoms with van der Waals surface area (Å²) in [5, 5.41) is 7.60. The zero-order chi connectivity index (χ0) is 27.3. The molecule has 0 spiro atoms. The third kappa shape index (κ3) is 6.52. The van der Waals surface area contributed by atoms with Crippen molar-refractivity contribution in [1.82, 2.24) is 4.90 Å². The van der Waals surface area contributed by atoms with E-state index in [4.69, 9.17) is 10.1 Å². The van der Waals surface area contributed by atoms with Crippen molar-refractivity contribution in [2.24, 2.45) is 17.8 Å². The molecule has 1 aromatic carbocycles. The van der Waals surface area contributed by atoms with Crippen LogP contribution in [0.15, 0.2) is 73.3 Å². The maximum atomic E-state index is 7.60. The van der Waals surface area contributed by atoms with Crippen LogP contribution < -0.4 is 4.57 Å². The van der Waals surface area contributed by atoms with Gasteiger partial charge in [0.25, 0.3) is 0 Å². The predicted molar refractivity (Wildman–Crippen MR) is 155 cm³/mol. The van der Waals surface area contributed by atoms with E-state index in [0.717, 1.165) is 25.7 Å². The van der Waals surface area contributed by atoms with E-state index in [-0.39, 0.29) is 11.8 Å². The van der Waals surface area contributed by atoms with Crippen LogP contribution in [0, 0.1) is 23.2 Å². The second-order valence-corrected chi connectivity index (χ2v) is 11.3. The molecule has 1 N–H and O–H groups in total. The van der Waals surface area contributed by atoms with Gasteiger partial charge in [0.15, 0.2) is 18.1 Å². The highest BCUT2D eigenvalue weighted by Gasteiger charge is 2.42. The lowest BCUT2D eigenvalue weighted by atomic mass is 9.74. The second kappa shape index (κ2) is 12.6. The SMILES string of the molecule is C=C(C[C@@H](C)C(C)C(CC)CCC1C(C(=C)N(C)C(C)C)c2ccccc2-c2cccc[n+]21)OC(C)=N. The molecule has 0 amide bonds. The zero-order valence-electron chi connectivity index (χ0n) is 24.1. The molecule has 37 heavy (non-hydrogen) atoms. The first-order chi connectivity index (χ1) is 17.6. The van der Waals surface area contributed by atoms with Gasteiger partial charge >= 0.3 is 0 Å². The summed E-state index contributed by atoms with van der Waals surface area (Å²) in [6, 6.07) is 16.2. The molecule has 0 bridgehead atoms.